The summed E-state index contributed by atoms with van der Waals surface area (Å²) in [6.07, 6.45) is 5.70. The van der Waals surface area contributed by atoms with Crippen molar-refractivity contribution >= 4 is 28.8 Å². The molecule has 0 spiro atoms. The average molecular weight is 374 g/mol. The van der Waals surface area contributed by atoms with Crippen LogP contribution in [0.1, 0.15) is 30.4 Å². The molecule has 0 aliphatic carbocycles. The molecule has 0 saturated carbocycles. The quantitative estimate of drug-likeness (QED) is 0.612. The lowest BCUT2D eigenvalue weighted by Crippen LogP contribution is -2.29. The molecule has 3 aromatic rings. The van der Waals surface area contributed by atoms with E-state index >= 15 is 0 Å². The van der Waals surface area contributed by atoms with Crippen molar-refractivity contribution in [3.8, 4) is 0 Å². The van der Waals surface area contributed by atoms with Gasteiger partial charge in [-0.3, -0.25) is 0 Å². The molecule has 1 aliphatic rings. The monoisotopic (exact) mass is 373 g/mol. The van der Waals surface area contributed by atoms with Gasteiger partial charge in [0.15, 0.2) is 0 Å². The first-order valence-electron chi connectivity index (χ1n) is 9.97. The molecule has 4 rings (SSSR count). The maximum atomic E-state index is 4.60. The Hall–Kier alpha value is -3.08. The van der Waals surface area contributed by atoms with Crippen LogP contribution in [0.25, 0.3) is 0 Å². The molecule has 0 amide bonds. The van der Waals surface area contributed by atoms with Crippen molar-refractivity contribution in [2.75, 3.05) is 28.6 Å². The number of aryl methyl sites for hydroxylation is 2. The third kappa shape index (κ3) is 4.42. The molecule has 0 bridgehead atoms. The molecule has 1 saturated heterocycles. The van der Waals surface area contributed by atoms with Gasteiger partial charge in [-0.15, -0.1) is 0 Å². The third-order valence-corrected chi connectivity index (χ3v) is 5.16. The summed E-state index contributed by atoms with van der Waals surface area (Å²) in [5, 5.41) is 6.70. The Morgan fingerprint density at radius 1 is 0.857 bits per heavy atom. The van der Waals surface area contributed by atoms with E-state index in [-0.39, 0.29) is 0 Å². The van der Waals surface area contributed by atoms with Gasteiger partial charge in [-0.05, 0) is 80.6 Å². The van der Waals surface area contributed by atoms with Crippen molar-refractivity contribution < 1.29 is 0 Å². The average Bonchev–Trinajstić information content (AvgIpc) is 2.72. The molecule has 2 aromatic carbocycles. The van der Waals surface area contributed by atoms with Gasteiger partial charge in [0, 0.05) is 36.3 Å². The lowest BCUT2D eigenvalue weighted by Gasteiger charge is -2.28. The maximum absolute atomic E-state index is 4.60. The first kappa shape index (κ1) is 18.3. The number of nitrogens with one attached hydrogen (secondary N) is 2. The van der Waals surface area contributed by atoms with Gasteiger partial charge in [0.1, 0.15) is 5.82 Å². The van der Waals surface area contributed by atoms with Gasteiger partial charge >= 0.3 is 0 Å². The highest BCUT2D eigenvalue weighted by molar-refractivity contribution is 5.63. The van der Waals surface area contributed by atoms with Gasteiger partial charge in [0.2, 0.25) is 5.95 Å². The van der Waals surface area contributed by atoms with E-state index in [0.29, 0.717) is 5.95 Å². The fourth-order valence-electron chi connectivity index (χ4n) is 3.54. The van der Waals surface area contributed by atoms with Crippen molar-refractivity contribution in [3.05, 3.63) is 65.9 Å². The van der Waals surface area contributed by atoms with Crippen LogP contribution in [0.5, 0.6) is 0 Å². The second-order valence-electron chi connectivity index (χ2n) is 7.43. The van der Waals surface area contributed by atoms with Crippen molar-refractivity contribution in [1.82, 2.24) is 9.97 Å². The largest absolute Gasteiger partial charge is 0.372 e. The molecule has 2 heterocycles. The number of anilines is 5. The Morgan fingerprint density at radius 3 is 2.43 bits per heavy atom. The van der Waals surface area contributed by atoms with Crippen molar-refractivity contribution in [2.45, 2.75) is 33.1 Å². The van der Waals surface area contributed by atoms with E-state index in [1.807, 2.05) is 6.07 Å². The van der Waals surface area contributed by atoms with E-state index < -0.39 is 0 Å². The second-order valence-corrected chi connectivity index (χ2v) is 7.43. The number of hydrogen-bond acceptors (Lipinski definition) is 5. The normalized spacial score (nSPS) is 14.0. The highest BCUT2D eigenvalue weighted by atomic mass is 15.1. The molecule has 0 unspecified atom stereocenters. The van der Waals surface area contributed by atoms with Gasteiger partial charge in [-0.1, -0.05) is 12.1 Å². The summed E-state index contributed by atoms with van der Waals surface area (Å²) >= 11 is 0. The van der Waals surface area contributed by atoms with Crippen molar-refractivity contribution in [2.24, 2.45) is 0 Å². The highest BCUT2D eigenvalue weighted by Crippen LogP contribution is 2.24. The molecule has 2 N–H and O–H groups in total. The van der Waals surface area contributed by atoms with Gasteiger partial charge in [0.05, 0.1) is 0 Å². The van der Waals surface area contributed by atoms with Gasteiger partial charge in [-0.2, -0.15) is 4.98 Å². The zero-order chi connectivity index (χ0) is 19.3. The Kier molecular flexibility index (Phi) is 5.42. The molecule has 5 nitrogen and oxygen atoms in total. The fraction of sp³-hybridized carbons (Fsp3) is 0.304. The number of benzene rings is 2. The molecule has 0 atom stereocenters. The molecule has 1 aliphatic heterocycles. The Bertz CT molecular complexity index is 930. The van der Waals surface area contributed by atoms with E-state index in [4.69, 9.17) is 0 Å². The van der Waals surface area contributed by atoms with Crippen LogP contribution in [0.4, 0.5) is 28.8 Å². The van der Waals surface area contributed by atoms with E-state index in [1.165, 1.54) is 36.1 Å². The predicted octanol–water partition coefficient (Wildman–Crippen LogP) is 5.57. The van der Waals surface area contributed by atoms with E-state index in [1.54, 1.807) is 6.20 Å². The molecule has 28 heavy (non-hydrogen) atoms. The smallest absolute Gasteiger partial charge is 0.229 e. The minimum Gasteiger partial charge on any atom is -0.372 e. The second kappa shape index (κ2) is 8.30. The summed E-state index contributed by atoms with van der Waals surface area (Å²) in [5.74, 6) is 1.36. The number of aromatic nitrogens is 2. The van der Waals surface area contributed by atoms with Crippen LogP contribution in [-0.4, -0.2) is 23.1 Å². The third-order valence-electron chi connectivity index (χ3n) is 5.16. The van der Waals surface area contributed by atoms with Crippen LogP contribution in [0.3, 0.4) is 0 Å². The topological polar surface area (TPSA) is 53.1 Å². The van der Waals surface area contributed by atoms with Crippen LogP contribution in [0.15, 0.2) is 54.7 Å². The molecular formula is C23H27N5. The number of rotatable bonds is 5. The van der Waals surface area contributed by atoms with Crippen LogP contribution in [-0.2, 0) is 0 Å². The highest BCUT2D eigenvalue weighted by Gasteiger charge is 2.10. The number of nitrogens with zero attached hydrogens (tertiary/aromatic N) is 3. The van der Waals surface area contributed by atoms with Crippen LogP contribution >= 0.6 is 0 Å². The van der Waals surface area contributed by atoms with Gasteiger partial charge in [0.25, 0.3) is 0 Å². The zero-order valence-corrected chi connectivity index (χ0v) is 16.6. The van der Waals surface area contributed by atoms with Crippen LogP contribution < -0.4 is 15.5 Å². The van der Waals surface area contributed by atoms with Crippen LogP contribution in [0, 0.1) is 13.8 Å². The van der Waals surface area contributed by atoms with E-state index in [0.717, 1.165) is 30.3 Å². The predicted molar refractivity (Wildman–Crippen MR) is 117 cm³/mol. The van der Waals surface area contributed by atoms with Gasteiger partial charge < -0.3 is 15.5 Å². The minimum absolute atomic E-state index is 0.587. The lowest BCUT2D eigenvalue weighted by molar-refractivity contribution is 0.578. The minimum atomic E-state index is 0.587. The number of hydrogen-bond donors (Lipinski definition) is 2. The first-order valence-corrected chi connectivity index (χ1v) is 9.97. The standard InChI is InChI=1S/C23H27N5/c1-17-6-7-18(2)21(16-17)26-23-24-13-12-22(27-23)25-19-8-10-20(11-9-19)28-14-4-3-5-15-28/h6-13,16H,3-5,14-15H2,1-2H3,(H2,24,25,26,27). The molecule has 0 radical (unpaired) electrons. The summed E-state index contributed by atoms with van der Waals surface area (Å²) in [4.78, 5) is 11.4. The molecule has 1 aromatic heterocycles. The summed E-state index contributed by atoms with van der Waals surface area (Å²) in [7, 11) is 0. The number of piperidine rings is 1. The molecule has 1 fully saturated rings. The lowest BCUT2D eigenvalue weighted by atomic mass is 10.1. The zero-order valence-electron chi connectivity index (χ0n) is 16.6. The molecule has 5 heteroatoms. The van der Waals surface area contributed by atoms with Crippen molar-refractivity contribution in [1.29, 1.82) is 0 Å². The summed E-state index contributed by atoms with van der Waals surface area (Å²) in [6.45, 7) is 6.48. The molecular weight excluding hydrogens is 346 g/mol. The first-order chi connectivity index (χ1) is 13.7. The van der Waals surface area contributed by atoms with E-state index in [9.17, 15) is 0 Å². The van der Waals surface area contributed by atoms with E-state index in [2.05, 4.69) is 81.8 Å². The Morgan fingerprint density at radius 2 is 1.64 bits per heavy atom. The maximum Gasteiger partial charge on any atom is 0.229 e. The SMILES string of the molecule is Cc1ccc(C)c(Nc2nccc(Nc3ccc(N4CCCCC4)cc3)n2)c1. The van der Waals surface area contributed by atoms with Crippen LogP contribution in [0.2, 0.25) is 0 Å². The van der Waals surface area contributed by atoms with Crippen molar-refractivity contribution in [3.63, 3.8) is 0 Å². The summed E-state index contributed by atoms with van der Waals surface area (Å²) in [5.41, 5.74) is 5.72. The molecule has 144 valence electrons. The Balaban J connectivity index is 1.45. The fourth-order valence-corrected chi connectivity index (χ4v) is 3.54. The summed E-state index contributed by atoms with van der Waals surface area (Å²) < 4.78 is 0. The Labute approximate surface area is 166 Å². The summed E-state index contributed by atoms with van der Waals surface area (Å²) in [6, 6.07) is 16.8. The van der Waals surface area contributed by atoms with Gasteiger partial charge in [-0.25, -0.2) is 4.98 Å².